The normalized spacial score (nSPS) is 22.1. The minimum Gasteiger partial charge on any atom is -0.481 e. The SMILES string of the molecule is CC1(C)[C@H](C(=O)O)[C@@H]1C(=O)Nc1n[nH]c(-c2ccccc2)n1. The van der Waals surface area contributed by atoms with Crippen LogP contribution in [-0.4, -0.2) is 32.2 Å². The molecule has 3 rings (SSSR count). The fourth-order valence-corrected chi connectivity index (χ4v) is 2.82. The monoisotopic (exact) mass is 300 g/mol. The number of carbonyl (C=O) groups is 2. The number of nitrogens with one attached hydrogen (secondary N) is 2. The molecule has 1 aliphatic rings. The minimum atomic E-state index is -0.954. The molecule has 0 spiro atoms. The molecular formula is C15H16N4O3. The van der Waals surface area contributed by atoms with Gasteiger partial charge in [0.25, 0.3) is 0 Å². The Kier molecular flexibility index (Phi) is 3.20. The lowest BCUT2D eigenvalue weighted by Gasteiger charge is -2.01. The maximum atomic E-state index is 12.2. The molecule has 1 aromatic carbocycles. The Hall–Kier alpha value is -2.70. The van der Waals surface area contributed by atoms with Crippen LogP contribution in [0.3, 0.4) is 0 Å². The second-order valence-electron chi connectivity index (χ2n) is 5.98. The number of hydrogen-bond donors (Lipinski definition) is 3. The second-order valence-corrected chi connectivity index (χ2v) is 5.98. The first-order valence-electron chi connectivity index (χ1n) is 6.92. The Morgan fingerprint density at radius 1 is 1.23 bits per heavy atom. The molecule has 1 aromatic heterocycles. The number of carbonyl (C=O) groups excluding carboxylic acids is 1. The number of aromatic nitrogens is 3. The summed E-state index contributed by atoms with van der Waals surface area (Å²) in [6.07, 6.45) is 0. The second kappa shape index (κ2) is 4.94. The third-order valence-electron chi connectivity index (χ3n) is 4.14. The average Bonchev–Trinajstić information content (AvgIpc) is 2.82. The van der Waals surface area contributed by atoms with Gasteiger partial charge in [-0.2, -0.15) is 4.98 Å². The van der Waals surface area contributed by atoms with Crippen LogP contribution >= 0.6 is 0 Å². The Labute approximate surface area is 126 Å². The van der Waals surface area contributed by atoms with E-state index in [0.29, 0.717) is 5.82 Å². The van der Waals surface area contributed by atoms with Crippen molar-refractivity contribution >= 4 is 17.8 Å². The molecule has 0 bridgehead atoms. The smallest absolute Gasteiger partial charge is 0.307 e. The summed E-state index contributed by atoms with van der Waals surface area (Å²) in [7, 11) is 0. The zero-order valence-electron chi connectivity index (χ0n) is 12.2. The topological polar surface area (TPSA) is 108 Å². The Balaban J connectivity index is 1.71. The minimum absolute atomic E-state index is 0.149. The van der Waals surface area contributed by atoms with Crippen molar-refractivity contribution in [2.45, 2.75) is 13.8 Å². The van der Waals surface area contributed by atoms with Crippen molar-refractivity contribution in [3.05, 3.63) is 30.3 Å². The van der Waals surface area contributed by atoms with Gasteiger partial charge in [-0.25, -0.2) is 0 Å². The molecule has 7 heteroatoms. The number of rotatable bonds is 4. The summed E-state index contributed by atoms with van der Waals surface area (Å²) in [6.45, 7) is 3.53. The number of nitrogens with zero attached hydrogens (tertiary/aromatic N) is 2. The molecule has 0 aliphatic heterocycles. The summed E-state index contributed by atoms with van der Waals surface area (Å²) in [5.74, 6) is -1.86. The molecule has 0 unspecified atom stereocenters. The molecule has 1 fully saturated rings. The molecular weight excluding hydrogens is 284 g/mol. The Morgan fingerprint density at radius 3 is 2.50 bits per heavy atom. The molecule has 1 amide bonds. The summed E-state index contributed by atoms with van der Waals surface area (Å²) >= 11 is 0. The third-order valence-corrected chi connectivity index (χ3v) is 4.14. The van der Waals surface area contributed by atoms with E-state index in [4.69, 9.17) is 5.11 Å². The van der Waals surface area contributed by atoms with Crippen molar-refractivity contribution in [2.75, 3.05) is 5.32 Å². The van der Waals surface area contributed by atoms with E-state index in [1.807, 2.05) is 30.3 Å². The van der Waals surface area contributed by atoms with Gasteiger partial charge in [0.1, 0.15) is 0 Å². The molecule has 2 atom stereocenters. The maximum absolute atomic E-state index is 12.2. The number of hydrogen-bond acceptors (Lipinski definition) is 4. The molecule has 1 saturated carbocycles. The van der Waals surface area contributed by atoms with E-state index in [1.165, 1.54) is 0 Å². The lowest BCUT2D eigenvalue weighted by molar-refractivity contribution is -0.140. The van der Waals surface area contributed by atoms with E-state index in [0.717, 1.165) is 5.56 Å². The lowest BCUT2D eigenvalue weighted by Crippen LogP contribution is -2.18. The summed E-state index contributed by atoms with van der Waals surface area (Å²) in [5, 5.41) is 18.4. The van der Waals surface area contributed by atoms with Gasteiger partial charge in [-0.15, -0.1) is 5.10 Å². The molecule has 1 heterocycles. The molecule has 2 aromatic rings. The first kappa shape index (κ1) is 14.2. The number of H-pyrrole nitrogens is 1. The van der Waals surface area contributed by atoms with Crippen molar-refractivity contribution < 1.29 is 14.7 Å². The van der Waals surface area contributed by atoms with Crippen LogP contribution in [0, 0.1) is 17.3 Å². The van der Waals surface area contributed by atoms with Gasteiger partial charge in [-0.3, -0.25) is 20.0 Å². The van der Waals surface area contributed by atoms with Gasteiger partial charge in [-0.1, -0.05) is 44.2 Å². The van der Waals surface area contributed by atoms with Crippen LogP contribution in [0.2, 0.25) is 0 Å². The average molecular weight is 300 g/mol. The fourth-order valence-electron chi connectivity index (χ4n) is 2.82. The highest BCUT2D eigenvalue weighted by atomic mass is 16.4. The predicted molar refractivity (Wildman–Crippen MR) is 78.8 cm³/mol. The van der Waals surface area contributed by atoms with Crippen LogP contribution in [0.25, 0.3) is 11.4 Å². The predicted octanol–water partition coefficient (Wildman–Crippen LogP) is 1.77. The maximum Gasteiger partial charge on any atom is 0.307 e. The van der Waals surface area contributed by atoms with Crippen LogP contribution in [0.4, 0.5) is 5.95 Å². The molecule has 3 N–H and O–H groups in total. The summed E-state index contributed by atoms with van der Waals surface area (Å²) in [4.78, 5) is 27.5. The number of carboxylic acid groups (broad SMARTS) is 1. The zero-order chi connectivity index (χ0) is 15.9. The van der Waals surface area contributed by atoms with Crippen LogP contribution < -0.4 is 5.32 Å². The van der Waals surface area contributed by atoms with Gasteiger partial charge in [0.05, 0.1) is 11.8 Å². The molecule has 1 aliphatic carbocycles. The molecule has 114 valence electrons. The van der Waals surface area contributed by atoms with Crippen molar-refractivity contribution in [2.24, 2.45) is 17.3 Å². The van der Waals surface area contributed by atoms with Gasteiger partial charge in [0, 0.05) is 5.56 Å². The zero-order valence-corrected chi connectivity index (χ0v) is 12.2. The Morgan fingerprint density at radius 2 is 1.91 bits per heavy atom. The summed E-state index contributed by atoms with van der Waals surface area (Å²) < 4.78 is 0. The highest BCUT2D eigenvalue weighted by molar-refractivity contribution is 5.98. The molecule has 0 saturated heterocycles. The van der Waals surface area contributed by atoms with E-state index < -0.39 is 23.2 Å². The highest BCUT2D eigenvalue weighted by Gasteiger charge is 2.66. The molecule has 22 heavy (non-hydrogen) atoms. The highest BCUT2D eigenvalue weighted by Crippen LogP contribution is 2.58. The van der Waals surface area contributed by atoms with Gasteiger partial charge < -0.3 is 5.11 Å². The fraction of sp³-hybridized carbons (Fsp3) is 0.333. The Bertz CT molecular complexity index is 723. The van der Waals surface area contributed by atoms with E-state index in [-0.39, 0.29) is 11.9 Å². The number of anilines is 1. The first-order valence-corrected chi connectivity index (χ1v) is 6.92. The standard InChI is InChI=1S/C15H16N4O3/c1-15(2)9(10(15)13(21)22)12(20)17-14-16-11(18-19-14)8-6-4-3-5-7-8/h3-7,9-10H,1-2H3,(H,21,22)(H2,16,17,18,19,20)/t9-,10+/m1/s1. The van der Waals surface area contributed by atoms with Crippen molar-refractivity contribution in [1.29, 1.82) is 0 Å². The van der Waals surface area contributed by atoms with Gasteiger partial charge in [0.2, 0.25) is 11.9 Å². The number of aromatic amines is 1. The number of aliphatic carboxylic acids is 1. The van der Waals surface area contributed by atoms with Gasteiger partial charge >= 0.3 is 5.97 Å². The molecule has 7 nitrogen and oxygen atoms in total. The van der Waals surface area contributed by atoms with E-state index in [1.54, 1.807) is 13.8 Å². The quantitative estimate of drug-likeness (QED) is 0.797. The van der Waals surface area contributed by atoms with Gasteiger partial charge in [0.15, 0.2) is 5.82 Å². The van der Waals surface area contributed by atoms with Crippen LogP contribution in [0.5, 0.6) is 0 Å². The van der Waals surface area contributed by atoms with Crippen molar-refractivity contribution in [3.8, 4) is 11.4 Å². The first-order chi connectivity index (χ1) is 10.4. The summed E-state index contributed by atoms with van der Waals surface area (Å²) in [5.41, 5.74) is 0.305. The van der Waals surface area contributed by atoms with E-state index in [2.05, 4.69) is 20.5 Å². The van der Waals surface area contributed by atoms with Crippen LogP contribution in [-0.2, 0) is 9.59 Å². The lowest BCUT2D eigenvalue weighted by atomic mass is 10.1. The van der Waals surface area contributed by atoms with Crippen LogP contribution in [0.15, 0.2) is 30.3 Å². The largest absolute Gasteiger partial charge is 0.481 e. The third kappa shape index (κ3) is 2.34. The number of carboxylic acids is 1. The van der Waals surface area contributed by atoms with Crippen molar-refractivity contribution in [1.82, 2.24) is 15.2 Å². The molecule has 0 radical (unpaired) electrons. The van der Waals surface area contributed by atoms with Gasteiger partial charge in [-0.05, 0) is 5.41 Å². The number of benzene rings is 1. The van der Waals surface area contributed by atoms with E-state index in [9.17, 15) is 9.59 Å². The number of amides is 1. The van der Waals surface area contributed by atoms with Crippen LogP contribution in [0.1, 0.15) is 13.8 Å². The van der Waals surface area contributed by atoms with Crippen molar-refractivity contribution in [3.63, 3.8) is 0 Å². The van der Waals surface area contributed by atoms with E-state index >= 15 is 0 Å². The summed E-state index contributed by atoms with van der Waals surface area (Å²) in [6, 6.07) is 9.39.